The van der Waals surface area contributed by atoms with Gasteiger partial charge in [0.2, 0.25) is 0 Å². The van der Waals surface area contributed by atoms with E-state index in [2.05, 4.69) is 4.98 Å². The normalized spacial score (nSPS) is 9.87. The Balaban J connectivity index is 2.28. The topological polar surface area (TPSA) is 30.0 Å². The Hall–Kier alpha value is -1.96. The van der Waals surface area contributed by atoms with Gasteiger partial charge in [-0.25, -0.2) is 0 Å². The Labute approximate surface area is 88.6 Å². The number of aldehydes is 1. The number of rotatable bonds is 3. The molecule has 74 valence electrons. The van der Waals surface area contributed by atoms with E-state index in [1.807, 2.05) is 42.5 Å². The first-order valence-electron chi connectivity index (χ1n) is 4.84. The van der Waals surface area contributed by atoms with Gasteiger partial charge in [-0.05, 0) is 11.6 Å². The number of carbonyl (C=O) groups is 1. The van der Waals surface area contributed by atoms with Crippen molar-refractivity contribution in [3.05, 3.63) is 54.4 Å². The van der Waals surface area contributed by atoms with Crippen molar-refractivity contribution in [3.63, 3.8) is 0 Å². The summed E-state index contributed by atoms with van der Waals surface area (Å²) in [4.78, 5) is 14.5. The third kappa shape index (κ3) is 2.29. The molecular formula is C13H11NO. The second kappa shape index (κ2) is 4.51. The number of carbonyl (C=O) groups excluding carboxylic acids is 1. The van der Waals surface area contributed by atoms with Gasteiger partial charge < -0.3 is 4.79 Å². The minimum Gasteiger partial charge on any atom is -0.303 e. The summed E-state index contributed by atoms with van der Waals surface area (Å²) in [6, 6.07) is 13.9. The molecule has 1 heterocycles. The van der Waals surface area contributed by atoms with E-state index >= 15 is 0 Å². The molecule has 1 aromatic carbocycles. The molecule has 2 rings (SSSR count). The number of hydrogen-bond donors (Lipinski definition) is 0. The van der Waals surface area contributed by atoms with Crippen LogP contribution in [0.25, 0.3) is 11.1 Å². The van der Waals surface area contributed by atoms with Gasteiger partial charge in [-0.15, -0.1) is 0 Å². The second-order valence-corrected chi connectivity index (χ2v) is 3.28. The van der Waals surface area contributed by atoms with Crippen molar-refractivity contribution < 1.29 is 4.79 Å². The van der Waals surface area contributed by atoms with Crippen molar-refractivity contribution >= 4 is 6.29 Å². The van der Waals surface area contributed by atoms with Crippen LogP contribution in [0.3, 0.4) is 0 Å². The second-order valence-electron chi connectivity index (χ2n) is 3.28. The minimum absolute atomic E-state index is 0.384. The van der Waals surface area contributed by atoms with Crippen LogP contribution in [0.4, 0.5) is 0 Å². The van der Waals surface area contributed by atoms with Crippen LogP contribution in [-0.4, -0.2) is 11.3 Å². The number of hydrogen-bond acceptors (Lipinski definition) is 2. The fourth-order valence-corrected chi connectivity index (χ4v) is 1.43. The first-order valence-corrected chi connectivity index (χ1v) is 4.84. The summed E-state index contributed by atoms with van der Waals surface area (Å²) in [5.74, 6) is 0. The summed E-state index contributed by atoms with van der Waals surface area (Å²) in [6.45, 7) is 0. The zero-order valence-corrected chi connectivity index (χ0v) is 8.26. The van der Waals surface area contributed by atoms with E-state index in [1.54, 1.807) is 6.20 Å². The molecular weight excluding hydrogens is 186 g/mol. The summed E-state index contributed by atoms with van der Waals surface area (Å²) < 4.78 is 0. The molecule has 0 atom stereocenters. The Morgan fingerprint density at radius 1 is 1.00 bits per heavy atom. The van der Waals surface area contributed by atoms with Gasteiger partial charge in [0.25, 0.3) is 0 Å². The van der Waals surface area contributed by atoms with E-state index in [0.717, 1.165) is 23.1 Å². The predicted molar refractivity (Wildman–Crippen MR) is 59.4 cm³/mol. The Kier molecular flexibility index (Phi) is 2.88. The lowest BCUT2D eigenvalue weighted by Crippen LogP contribution is -1.90. The van der Waals surface area contributed by atoms with Gasteiger partial charge in [0.15, 0.2) is 0 Å². The van der Waals surface area contributed by atoms with E-state index in [-0.39, 0.29) is 0 Å². The molecule has 0 N–H and O–H groups in total. The maximum absolute atomic E-state index is 10.3. The predicted octanol–water partition coefficient (Wildman–Crippen LogP) is 2.49. The van der Waals surface area contributed by atoms with Crippen molar-refractivity contribution in [2.24, 2.45) is 0 Å². The highest BCUT2D eigenvalue weighted by Crippen LogP contribution is 2.17. The van der Waals surface area contributed by atoms with Crippen molar-refractivity contribution in [2.75, 3.05) is 0 Å². The minimum atomic E-state index is 0.384. The largest absolute Gasteiger partial charge is 0.303 e. The molecule has 0 saturated carbocycles. The monoisotopic (exact) mass is 197 g/mol. The van der Waals surface area contributed by atoms with Gasteiger partial charge in [0.1, 0.15) is 6.29 Å². The first-order chi connectivity index (χ1) is 7.40. The summed E-state index contributed by atoms with van der Waals surface area (Å²) >= 11 is 0. The van der Waals surface area contributed by atoms with Crippen LogP contribution in [0.2, 0.25) is 0 Å². The molecule has 0 bridgehead atoms. The van der Waals surface area contributed by atoms with Crippen molar-refractivity contribution in [1.29, 1.82) is 0 Å². The number of benzene rings is 1. The highest BCUT2D eigenvalue weighted by atomic mass is 16.1. The van der Waals surface area contributed by atoms with Crippen LogP contribution < -0.4 is 0 Å². The molecule has 15 heavy (non-hydrogen) atoms. The zero-order valence-electron chi connectivity index (χ0n) is 8.26. The van der Waals surface area contributed by atoms with Crippen molar-refractivity contribution in [2.45, 2.75) is 6.42 Å². The van der Waals surface area contributed by atoms with E-state index in [4.69, 9.17) is 0 Å². The number of nitrogens with zero attached hydrogens (tertiary/aromatic N) is 1. The molecule has 2 aromatic rings. The average Bonchev–Trinajstić information content (AvgIpc) is 2.32. The average molecular weight is 197 g/mol. The smallest absolute Gasteiger partial charge is 0.125 e. The highest BCUT2D eigenvalue weighted by Gasteiger charge is 1.97. The summed E-state index contributed by atoms with van der Waals surface area (Å²) in [5.41, 5.74) is 3.03. The van der Waals surface area contributed by atoms with E-state index < -0.39 is 0 Å². The SMILES string of the molecule is O=CCc1ccc(-c2ccccc2)cn1. The van der Waals surface area contributed by atoms with Gasteiger partial charge in [-0.1, -0.05) is 36.4 Å². The number of pyridine rings is 1. The van der Waals surface area contributed by atoms with Gasteiger partial charge in [-0.2, -0.15) is 0 Å². The summed E-state index contributed by atoms with van der Waals surface area (Å²) in [5, 5.41) is 0. The molecule has 0 unspecified atom stereocenters. The molecule has 0 aliphatic rings. The molecule has 0 aliphatic heterocycles. The maximum atomic E-state index is 10.3. The fraction of sp³-hybridized carbons (Fsp3) is 0.0769. The molecule has 0 aliphatic carbocycles. The van der Waals surface area contributed by atoms with Crippen LogP contribution in [0.5, 0.6) is 0 Å². The van der Waals surface area contributed by atoms with Gasteiger partial charge >= 0.3 is 0 Å². The third-order valence-electron chi connectivity index (χ3n) is 2.22. The van der Waals surface area contributed by atoms with Gasteiger partial charge in [0, 0.05) is 23.9 Å². The molecule has 1 aromatic heterocycles. The van der Waals surface area contributed by atoms with Crippen LogP contribution in [0.1, 0.15) is 5.69 Å². The third-order valence-corrected chi connectivity index (χ3v) is 2.22. The van der Waals surface area contributed by atoms with Gasteiger partial charge in [0.05, 0.1) is 0 Å². The van der Waals surface area contributed by atoms with Crippen molar-refractivity contribution in [1.82, 2.24) is 4.98 Å². The molecule has 2 heteroatoms. The zero-order chi connectivity index (χ0) is 10.5. The maximum Gasteiger partial charge on any atom is 0.125 e. The van der Waals surface area contributed by atoms with Crippen LogP contribution in [0, 0.1) is 0 Å². The molecule has 0 fully saturated rings. The van der Waals surface area contributed by atoms with Crippen LogP contribution >= 0.6 is 0 Å². The molecule has 0 saturated heterocycles. The molecule has 2 nitrogen and oxygen atoms in total. The highest BCUT2D eigenvalue weighted by molar-refractivity contribution is 5.62. The van der Waals surface area contributed by atoms with E-state index in [9.17, 15) is 4.79 Å². The summed E-state index contributed by atoms with van der Waals surface area (Å²) in [6.07, 6.45) is 3.05. The Morgan fingerprint density at radius 3 is 2.40 bits per heavy atom. The lowest BCUT2D eigenvalue weighted by atomic mass is 10.1. The lowest BCUT2D eigenvalue weighted by Gasteiger charge is -2.01. The van der Waals surface area contributed by atoms with Crippen molar-refractivity contribution in [3.8, 4) is 11.1 Å². The van der Waals surface area contributed by atoms with E-state index in [1.165, 1.54) is 0 Å². The van der Waals surface area contributed by atoms with Crippen LogP contribution in [0.15, 0.2) is 48.7 Å². The van der Waals surface area contributed by atoms with Crippen LogP contribution in [-0.2, 0) is 11.2 Å². The lowest BCUT2D eigenvalue weighted by molar-refractivity contribution is -0.107. The standard InChI is InChI=1S/C13H11NO/c15-9-8-13-7-6-12(10-14-13)11-4-2-1-3-5-11/h1-7,9-10H,8H2. The molecule has 0 amide bonds. The quantitative estimate of drug-likeness (QED) is 0.707. The van der Waals surface area contributed by atoms with Gasteiger partial charge in [-0.3, -0.25) is 4.98 Å². The first kappa shape index (κ1) is 9.59. The molecule has 0 spiro atoms. The Morgan fingerprint density at radius 2 is 1.80 bits per heavy atom. The number of aromatic nitrogens is 1. The fourth-order valence-electron chi connectivity index (χ4n) is 1.43. The Bertz CT molecular complexity index is 434. The van der Waals surface area contributed by atoms with E-state index in [0.29, 0.717) is 6.42 Å². The molecule has 0 radical (unpaired) electrons. The summed E-state index contributed by atoms with van der Waals surface area (Å²) in [7, 11) is 0.